The summed E-state index contributed by atoms with van der Waals surface area (Å²) in [4.78, 5) is 0. The minimum absolute atomic E-state index is 0.210. The second kappa shape index (κ2) is 6.64. The fraction of sp³-hybridized carbons (Fsp3) is 0.294. The van der Waals surface area contributed by atoms with Crippen LogP contribution in [0.15, 0.2) is 42.5 Å². The Hall–Kier alpha value is -1.71. The van der Waals surface area contributed by atoms with E-state index < -0.39 is 0 Å². The largest absolute Gasteiger partial charge is 0.271 e. The van der Waals surface area contributed by atoms with Gasteiger partial charge in [-0.05, 0) is 42.5 Å². The summed E-state index contributed by atoms with van der Waals surface area (Å²) in [5, 5.41) is 0. The van der Waals surface area contributed by atoms with Gasteiger partial charge < -0.3 is 0 Å². The molecular weight excluding hydrogens is 251 g/mol. The van der Waals surface area contributed by atoms with E-state index in [4.69, 9.17) is 5.84 Å². The van der Waals surface area contributed by atoms with Gasteiger partial charge in [0.2, 0.25) is 0 Å². The average molecular weight is 272 g/mol. The highest BCUT2D eigenvalue weighted by atomic mass is 19.1. The maximum atomic E-state index is 14.0. The van der Waals surface area contributed by atoms with Gasteiger partial charge in [-0.3, -0.25) is 11.3 Å². The molecule has 0 saturated heterocycles. The lowest BCUT2D eigenvalue weighted by Gasteiger charge is -2.17. The zero-order valence-corrected chi connectivity index (χ0v) is 12.0. The molecule has 0 saturated carbocycles. The van der Waals surface area contributed by atoms with Gasteiger partial charge in [0.15, 0.2) is 0 Å². The number of benzene rings is 2. The highest BCUT2D eigenvalue weighted by Gasteiger charge is 2.15. The Bertz CT molecular complexity index is 564. The molecule has 0 radical (unpaired) electrons. The van der Waals surface area contributed by atoms with Crippen LogP contribution in [0.3, 0.4) is 0 Å². The van der Waals surface area contributed by atoms with E-state index in [-0.39, 0.29) is 11.9 Å². The van der Waals surface area contributed by atoms with Crippen LogP contribution in [0.2, 0.25) is 0 Å². The van der Waals surface area contributed by atoms with Gasteiger partial charge in [0, 0.05) is 5.56 Å². The van der Waals surface area contributed by atoms with Crippen molar-refractivity contribution in [3.8, 4) is 0 Å². The van der Waals surface area contributed by atoms with Crippen molar-refractivity contribution in [3.63, 3.8) is 0 Å². The van der Waals surface area contributed by atoms with Crippen LogP contribution >= 0.6 is 0 Å². The minimum Gasteiger partial charge on any atom is -0.271 e. The standard InChI is InChI=1S/C17H21FN2/c1-3-13-5-7-14(8-6-13)11-17(20-19)15-9-4-12(2)10-16(15)18/h4-10,17,20H,3,11,19H2,1-2H3. The Kier molecular flexibility index (Phi) is 4.88. The van der Waals surface area contributed by atoms with E-state index in [0.29, 0.717) is 12.0 Å². The summed E-state index contributed by atoms with van der Waals surface area (Å²) in [5.41, 5.74) is 6.68. The van der Waals surface area contributed by atoms with Crippen molar-refractivity contribution in [2.45, 2.75) is 32.7 Å². The summed E-state index contributed by atoms with van der Waals surface area (Å²) in [6, 6.07) is 13.4. The number of nitrogens with two attached hydrogens (primary N) is 1. The summed E-state index contributed by atoms with van der Waals surface area (Å²) in [6.07, 6.45) is 1.69. The predicted molar refractivity (Wildman–Crippen MR) is 80.7 cm³/mol. The number of hydrazine groups is 1. The monoisotopic (exact) mass is 272 g/mol. The first-order valence-corrected chi connectivity index (χ1v) is 6.94. The second-order valence-corrected chi connectivity index (χ2v) is 5.12. The third-order valence-electron chi connectivity index (χ3n) is 3.60. The molecule has 0 heterocycles. The Morgan fingerprint density at radius 3 is 2.30 bits per heavy atom. The van der Waals surface area contributed by atoms with Gasteiger partial charge in [-0.1, -0.05) is 43.3 Å². The van der Waals surface area contributed by atoms with E-state index >= 15 is 0 Å². The van der Waals surface area contributed by atoms with Crippen LogP contribution in [0.1, 0.15) is 35.2 Å². The highest BCUT2D eigenvalue weighted by Crippen LogP contribution is 2.22. The molecule has 0 fully saturated rings. The summed E-state index contributed by atoms with van der Waals surface area (Å²) >= 11 is 0. The van der Waals surface area contributed by atoms with Gasteiger partial charge in [0.05, 0.1) is 6.04 Å². The molecule has 106 valence electrons. The van der Waals surface area contributed by atoms with Gasteiger partial charge in [-0.2, -0.15) is 0 Å². The topological polar surface area (TPSA) is 38.0 Å². The van der Waals surface area contributed by atoms with E-state index in [1.54, 1.807) is 12.1 Å². The van der Waals surface area contributed by atoms with E-state index in [1.165, 1.54) is 5.56 Å². The summed E-state index contributed by atoms with van der Waals surface area (Å²) < 4.78 is 14.0. The molecule has 20 heavy (non-hydrogen) atoms. The maximum absolute atomic E-state index is 14.0. The summed E-state index contributed by atoms with van der Waals surface area (Å²) in [6.45, 7) is 4.00. The minimum atomic E-state index is -0.219. The third kappa shape index (κ3) is 3.44. The Morgan fingerprint density at radius 2 is 1.75 bits per heavy atom. The molecule has 0 aliphatic carbocycles. The van der Waals surface area contributed by atoms with Gasteiger partial charge in [0.1, 0.15) is 5.82 Å². The van der Waals surface area contributed by atoms with Crippen LogP contribution in [-0.2, 0) is 12.8 Å². The molecule has 3 N–H and O–H groups in total. The highest BCUT2D eigenvalue weighted by molar-refractivity contribution is 5.29. The van der Waals surface area contributed by atoms with Crippen molar-refractivity contribution in [2.75, 3.05) is 0 Å². The van der Waals surface area contributed by atoms with E-state index in [2.05, 4.69) is 36.6 Å². The Labute approximate surface area is 119 Å². The van der Waals surface area contributed by atoms with E-state index in [9.17, 15) is 4.39 Å². The van der Waals surface area contributed by atoms with Crippen molar-refractivity contribution >= 4 is 0 Å². The molecule has 0 aliphatic heterocycles. The van der Waals surface area contributed by atoms with Crippen LogP contribution in [0.4, 0.5) is 4.39 Å². The lowest BCUT2D eigenvalue weighted by atomic mass is 9.97. The molecule has 0 spiro atoms. The van der Waals surface area contributed by atoms with Gasteiger partial charge in [-0.25, -0.2) is 4.39 Å². The average Bonchev–Trinajstić information content (AvgIpc) is 2.46. The fourth-order valence-corrected chi connectivity index (χ4v) is 2.32. The SMILES string of the molecule is CCc1ccc(CC(NN)c2ccc(C)cc2F)cc1. The first-order chi connectivity index (χ1) is 9.63. The fourth-order valence-electron chi connectivity index (χ4n) is 2.32. The molecule has 1 atom stereocenters. The number of rotatable bonds is 5. The molecule has 2 aromatic rings. The first-order valence-electron chi connectivity index (χ1n) is 6.94. The van der Waals surface area contributed by atoms with Gasteiger partial charge in [-0.15, -0.1) is 0 Å². The van der Waals surface area contributed by atoms with Crippen LogP contribution in [0.25, 0.3) is 0 Å². The van der Waals surface area contributed by atoms with Crippen LogP contribution in [0.5, 0.6) is 0 Å². The smallest absolute Gasteiger partial charge is 0.128 e. The molecule has 2 aromatic carbocycles. The third-order valence-corrected chi connectivity index (χ3v) is 3.60. The van der Waals surface area contributed by atoms with Crippen molar-refractivity contribution in [2.24, 2.45) is 5.84 Å². The Balaban J connectivity index is 2.19. The van der Waals surface area contributed by atoms with Crippen molar-refractivity contribution < 1.29 is 4.39 Å². The van der Waals surface area contributed by atoms with Crippen LogP contribution in [-0.4, -0.2) is 0 Å². The number of aryl methyl sites for hydroxylation is 2. The molecule has 0 aliphatic rings. The number of hydrogen-bond acceptors (Lipinski definition) is 2. The summed E-state index contributed by atoms with van der Waals surface area (Å²) in [5.74, 6) is 5.39. The molecular formula is C17H21FN2. The van der Waals surface area contributed by atoms with Crippen LogP contribution < -0.4 is 11.3 Å². The zero-order chi connectivity index (χ0) is 14.5. The molecule has 0 amide bonds. The van der Waals surface area contributed by atoms with E-state index in [1.807, 2.05) is 13.0 Å². The lowest BCUT2D eigenvalue weighted by Crippen LogP contribution is -2.30. The second-order valence-electron chi connectivity index (χ2n) is 5.12. The van der Waals surface area contributed by atoms with E-state index in [0.717, 1.165) is 17.5 Å². The number of hydrogen-bond donors (Lipinski definition) is 2. The summed E-state index contributed by atoms with van der Waals surface area (Å²) in [7, 11) is 0. The number of nitrogens with one attached hydrogen (secondary N) is 1. The Morgan fingerprint density at radius 1 is 1.10 bits per heavy atom. The molecule has 0 bridgehead atoms. The van der Waals surface area contributed by atoms with Gasteiger partial charge in [0.25, 0.3) is 0 Å². The van der Waals surface area contributed by atoms with Gasteiger partial charge >= 0.3 is 0 Å². The molecule has 2 nitrogen and oxygen atoms in total. The molecule has 0 aromatic heterocycles. The lowest BCUT2D eigenvalue weighted by molar-refractivity contribution is 0.510. The van der Waals surface area contributed by atoms with Crippen molar-refractivity contribution in [3.05, 3.63) is 70.5 Å². The molecule has 1 unspecified atom stereocenters. The molecule has 3 heteroatoms. The number of halogens is 1. The zero-order valence-electron chi connectivity index (χ0n) is 12.0. The maximum Gasteiger partial charge on any atom is 0.128 e. The quantitative estimate of drug-likeness (QED) is 0.646. The molecule has 2 rings (SSSR count). The van der Waals surface area contributed by atoms with Crippen molar-refractivity contribution in [1.29, 1.82) is 0 Å². The van der Waals surface area contributed by atoms with Crippen molar-refractivity contribution in [1.82, 2.24) is 5.43 Å². The first kappa shape index (κ1) is 14.7. The predicted octanol–water partition coefficient (Wildman–Crippen LogP) is 3.44. The van der Waals surface area contributed by atoms with Crippen LogP contribution in [0, 0.1) is 12.7 Å². The normalized spacial score (nSPS) is 12.4.